The van der Waals surface area contributed by atoms with E-state index in [0.717, 1.165) is 23.9 Å². The Bertz CT molecular complexity index is 479. The Morgan fingerprint density at radius 2 is 2.20 bits per heavy atom. The molecule has 0 aliphatic heterocycles. The fraction of sp³-hybridized carbons (Fsp3) is 0.273. The van der Waals surface area contributed by atoms with E-state index in [1.165, 1.54) is 0 Å². The number of fused-ring (bicyclic) bond motifs is 1. The molecule has 3 N–H and O–H groups in total. The fourth-order valence-electron chi connectivity index (χ4n) is 1.69. The molecule has 2 rings (SSSR count). The Kier molecular flexibility index (Phi) is 2.84. The lowest BCUT2D eigenvalue weighted by molar-refractivity contribution is 0.476. The highest BCUT2D eigenvalue weighted by Crippen LogP contribution is 2.28. The first-order chi connectivity index (χ1) is 7.22. The molecular weight excluding hydrogens is 212 g/mol. The zero-order valence-corrected chi connectivity index (χ0v) is 9.04. The maximum atomic E-state index is 9.35. The van der Waals surface area contributed by atoms with Crippen LogP contribution in [0.3, 0.4) is 0 Å². The highest BCUT2D eigenvalue weighted by molar-refractivity contribution is 6.35. The molecule has 0 aliphatic carbocycles. The Morgan fingerprint density at radius 3 is 2.93 bits per heavy atom. The number of aromatic nitrogens is 1. The van der Waals surface area contributed by atoms with Crippen LogP contribution in [0.1, 0.15) is 6.42 Å². The van der Waals surface area contributed by atoms with E-state index in [1.54, 1.807) is 12.1 Å². The van der Waals surface area contributed by atoms with Crippen LogP contribution < -0.4 is 5.73 Å². The summed E-state index contributed by atoms with van der Waals surface area (Å²) in [5, 5.41) is 10.9. The lowest BCUT2D eigenvalue weighted by Crippen LogP contribution is -2.04. The Labute approximate surface area is 93.1 Å². The van der Waals surface area contributed by atoms with Crippen LogP contribution in [0.25, 0.3) is 10.9 Å². The molecule has 0 radical (unpaired) electrons. The normalized spacial score (nSPS) is 11.1. The number of phenolic OH excluding ortho intramolecular Hbond substituents is 1. The van der Waals surface area contributed by atoms with E-state index in [4.69, 9.17) is 17.3 Å². The molecular formula is C11H13ClN2O. The fourth-order valence-corrected chi connectivity index (χ4v) is 1.96. The van der Waals surface area contributed by atoms with Crippen molar-refractivity contribution < 1.29 is 5.11 Å². The summed E-state index contributed by atoms with van der Waals surface area (Å²) < 4.78 is 2.06. The van der Waals surface area contributed by atoms with Crippen molar-refractivity contribution in [1.29, 1.82) is 0 Å². The lowest BCUT2D eigenvalue weighted by atomic mass is 10.2. The minimum atomic E-state index is 0.237. The second-order valence-corrected chi connectivity index (χ2v) is 3.92. The molecule has 0 atom stereocenters. The van der Waals surface area contributed by atoms with Gasteiger partial charge in [-0.2, -0.15) is 0 Å². The second kappa shape index (κ2) is 4.13. The maximum Gasteiger partial charge on any atom is 0.116 e. The third-order valence-corrected chi connectivity index (χ3v) is 2.72. The Morgan fingerprint density at radius 1 is 1.40 bits per heavy atom. The van der Waals surface area contributed by atoms with Crippen LogP contribution in [-0.4, -0.2) is 16.2 Å². The molecule has 0 saturated heterocycles. The van der Waals surface area contributed by atoms with Crippen molar-refractivity contribution >= 4 is 22.5 Å². The predicted octanol–water partition coefficient (Wildman–Crippen LogP) is 2.35. The number of aryl methyl sites for hydroxylation is 1. The molecule has 2 aromatic rings. The molecule has 3 nitrogen and oxygen atoms in total. The molecule has 15 heavy (non-hydrogen) atoms. The summed E-state index contributed by atoms with van der Waals surface area (Å²) in [5.74, 6) is 0.237. The van der Waals surface area contributed by atoms with E-state index in [-0.39, 0.29) is 5.75 Å². The first kappa shape index (κ1) is 10.3. The first-order valence-corrected chi connectivity index (χ1v) is 5.27. The van der Waals surface area contributed by atoms with Crippen LogP contribution in [0.4, 0.5) is 0 Å². The molecule has 1 aromatic heterocycles. The van der Waals surface area contributed by atoms with E-state index in [0.29, 0.717) is 11.6 Å². The van der Waals surface area contributed by atoms with Crippen molar-refractivity contribution in [3.8, 4) is 5.75 Å². The van der Waals surface area contributed by atoms with Crippen LogP contribution in [0, 0.1) is 0 Å². The summed E-state index contributed by atoms with van der Waals surface area (Å²) >= 11 is 6.07. The summed E-state index contributed by atoms with van der Waals surface area (Å²) in [7, 11) is 0. The summed E-state index contributed by atoms with van der Waals surface area (Å²) in [4.78, 5) is 0. The number of halogens is 1. The Hall–Kier alpha value is -1.19. The van der Waals surface area contributed by atoms with E-state index in [1.807, 2.05) is 12.3 Å². The van der Waals surface area contributed by atoms with Crippen molar-refractivity contribution in [3.05, 3.63) is 29.4 Å². The number of hydrogen-bond acceptors (Lipinski definition) is 2. The van der Waals surface area contributed by atoms with Crippen LogP contribution in [-0.2, 0) is 6.54 Å². The summed E-state index contributed by atoms with van der Waals surface area (Å²) in [6, 6.07) is 5.21. The molecule has 0 aliphatic rings. The van der Waals surface area contributed by atoms with Gasteiger partial charge in [0.25, 0.3) is 0 Å². The maximum absolute atomic E-state index is 9.35. The topological polar surface area (TPSA) is 51.2 Å². The average molecular weight is 225 g/mol. The van der Waals surface area contributed by atoms with Gasteiger partial charge >= 0.3 is 0 Å². The number of nitrogens with two attached hydrogens (primary N) is 1. The zero-order chi connectivity index (χ0) is 10.8. The number of phenols is 1. The summed E-state index contributed by atoms with van der Waals surface area (Å²) in [5.41, 5.74) is 6.50. The molecule has 0 fully saturated rings. The van der Waals surface area contributed by atoms with Gasteiger partial charge in [-0.3, -0.25) is 0 Å². The van der Waals surface area contributed by atoms with Gasteiger partial charge in [-0.1, -0.05) is 11.6 Å². The number of rotatable bonds is 3. The highest BCUT2D eigenvalue weighted by atomic mass is 35.5. The van der Waals surface area contributed by atoms with Gasteiger partial charge in [-0.05, 0) is 31.2 Å². The zero-order valence-electron chi connectivity index (χ0n) is 8.28. The van der Waals surface area contributed by atoms with Gasteiger partial charge in [-0.25, -0.2) is 0 Å². The molecule has 80 valence electrons. The van der Waals surface area contributed by atoms with Crippen molar-refractivity contribution in [1.82, 2.24) is 4.57 Å². The highest BCUT2D eigenvalue weighted by Gasteiger charge is 2.06. The molecule has 0 saturated carbocycles. The van der Waals surface area contributed by atoms with Gasteiger partial charge in [0.05, 0.1) is 5.02 Å². The van der Waals surface area contributed by atoms with Crippen molar-refractivity contribution in [2.24, 2.45) is 5.73 Å². The molecule has 0 spiro atoms. The number of nitrogens with zero attached hydrogens (tertiary/aromatic N) is 1. The van der Waals surface area contributed by atoms with Gasteiger partial charge in [0.2, 0.25) is 0 Å². The molecule has 1 aromatic carbocycles. The predicted molar refractivity (Wildman–Crippen MR) is 62.3 cm³/mol. The number of benzene rings is 1. The van der Waals surface area contributed by atoms with Crippen LogP contribution in [0.15, 0.2) is 24.4 Å². The monoisotopic (exact) mass is 224 g/mol. The van der Waals surface area contributed by atoms with Gasteiger partial charge in [0.1, 0.15) is 5.75 Å². The molecule has 4 heteroatoms. The van der Waals surface area contributed by atoms with E-state index >= 15 is 0 Å². The molecule has 1 heterocycles. The summed E-state index contributed by atoms with van der Waals surface area (Å²) in [6.45, 7) is 1.51. The van der Waals surface area contributed by atoms with Crippen molar-refractivity contribution in [2.45, 2.75) is 13.0 Å². The lowest BCUT2D eigenvalue weighted by Gasteiger charge is -2.03. The third kappa shape index (κ3) is 1.94. The number of aromatic hydroxyl groups is 1. The summed E-state index contributed by atoms with van der Waals surface area (Å²) in [6.07, 6.45) is 2.79. The van der Waals surface area contributed by atoms with Crippen LogP contribution >= 0.6 is 11.6 Å². The first-order valence-electron chi connectivity index (χ1n) is 4.90. The average Bonchev–Trinajstić information content (AvgIpc) is 2.53. The van der Waals surface area contributed by atoms with Gasteiger partial charge in [-0.15, -0.1) is 0 Å². The van der Waals surface area contributed by atoms with E-state index < -0.39 is 0 Å². The number of hydrogen-bond donors (Lipinski definition) is 2. The van der Waals surface area contributed by atoms with E-state index in [2.05, 4.69) is 4.57 Å². The Balaban J connectivity index is 2.48. The quantitative estimate of drug-likeness (QED) is 0.841. The standard InChI is InChI=1S/C11H13ClN2O/c12-10-7-14(5-1-4-13)11-3-2-8(15)6-9(10)11/h2-3,6-7,15H,1,4-5,13H2. The molecule has 0 unspecified atom stereocenters. The second-order valence-electron chi connectivity index (χ2n) is 3.51. The van der Waals surface area contributed by atoms with Crippen LogP contribution in [0.5, 0.6) is 5.75 Å². The van der Waals surface area contributed by atoms with Crippen molar-refractivity contribution in [2.75, 3.05) is 6.54 Å². The molecule has 0 amide bonds. The van der Waals surface area contributed by atoms with Gasteiger partial charge in [0, 0.05) is 23.6 Å². The van der Waals surface area contributed by atoms with Gasteiger partial charge in [0.15, 0.2) is 0 Å². The largest absolute Gasteiger partial charge is 0.508 e. The van der Waals surface area contributed by atoms with Crippen molar-refractivity contribution in [3.63, 3.8) is 0 Å². The van der Waals surface area contributed by atoms with Gasteiger partial charge < -0.3 is 15.4 Å². The molecule has 0 bridgehead atoms. The minimum Gasteiger partial charge on any atom is -0.508 e. The van der Waals surface area contributed by atoms with Crippen LogP contribution in [0.2, 0.25) is 5.02 Å². The smallest absolute Gasteiger partial charge is 0.116 e. The SMILES string of the molecule is NCCCn1cc(Cl)c2cc(O)ccc21. The minimum absolute atomic E-state index is 0.237. The van der Waals surface area contributed by atoms with E-state index in [9.17, 15) is 5.11 Å². The third-order valence-electron chi connectivity index (χ3n) is 2.42.